The van der Waals surface area contributed by atoms with Crippen LogP contribution in [0.25, 0.3) is 0 Å². The fraction of sp³-hybridized carbons (Fsp3) is 0.350. The Bertz CT molecular complexity index is 949. The Morgan fingerprint density at radius 3 is 2.68 bits per heavy atom. The number of nitrogens with zero attached hydrogens (tertiary/aromatic N) is 2. The Kier molecular flexibility index (Phi) is 4.54. The number of carbonyl (C=O) groups excluding carboxylic acids is 3. The molecule has 2 aromatic rings. The van der Waals surface area contributed by atoms with Gasteiger partial charge in [-0.05, 0) is 32.0 Å². The third-order valence-electron chi connectivity index (χ3n) is 5.07. The zero-order valence-electron chi connectivity index (χ0n) is 15.7. The molecule has 1 N–H and O–H groups in total. The average molecular weight is 383 g/mol. The van der Waals surface area contributed by atoms with Crippen LogP contribution in [0.1, 0.15) is 21.7 Å². The van der Waals surface area contributed by atoms with E-state index < -0.39 is 11.9 Å². The summed E-state index contributed by atoms with van der Waals surface area (Å²) in [6.45, 7) is 4.39. The van der Waals surface area contributed by atoms with Crippen LogP contribution in [0.3, 0.4) is 0 Å². The third-order valence-corrected chi connectivity index (χ3v) is 5.07. The summed E-state index contributed by atoms with van der Waals surface area (Å²) in [4.78, 5) is 37.0. The van der Waals surface area contributed by atoms with Gasteiger partial charge in [0.25, 0.3) is 0 Å². The number of hydrogen-bond donors (Lipinski definition) is 1. The molecule has 1 aromatic heterocycles. The molecular weight excluding hydrogens is 362 g/mol. The van der Waals surface area contributed by atoms with E-state index in [4.69, 9.17) is 9.47 Å². The number of hydrogen-bond acceptors (Lipinski definition) is 5. The number of imide groups is 1. The van der Waals surface area contributed by atoms with Crippen molar-refractivity contribution in [1.82, 2.24) is 14.8 Å². The van der Waals surface area contributed by atoms with Crippen molar-refractivity contribution in [2.75, 3.05) is 19.7 Å². The number of ether oxygens (including phenoxy) is 2. The number of ketones is 1. The Morgan fingerprint density at radius 2 is 1.96 bits per heavy atom. The number of fused-ring (bicyclic) bond motifs is 1. The maximum Gasteiger partial charge on any atom is 0.325 e. The average Bonchev–Trinajstić information content (AvgIpc) is 3.15. The van der Waals surface area contributed by atoms with Crippen LogP contribution in [0.4, 0.5) is 4.79 Å². The summed E-state index contributed by atoms with van der Waals surface area (Å²) in [6, 6.07) is 8.77. The van der Waals surface area contributed by atoms with Gasteiger partial charge < -0.3 is 19.4 Å². The Labute approximate surface area is 162 Å². The molecule has 0 bridgehead atoms. The highest BCUT2D eigenvalue weighted by atomic mass is 16.6. The van der Waals surface area contributed by atoms with Crippen LogP contribution in [0, 0.1) is 13.8 Å². The first kappa shape index (κ1) is 18.1. The lowest BCUT2D eigenvalue weighted by Crippen LogP contribution is -2.36. The van der Waals surface area contributed by atoms with Gasteiger partial charge in [-0.1, -0.05) is 12.1 Å². The van der Waals surface area contributed by atoms with Crippen molar-refractivity contribution in [3.8, 4) is 11.5 Å². The molecule has 1 aromatic carbocycles. The van der Waals surface area contributed by atoms with E-state index in [1.165, 1.54) is 0 Å². The van der Waals surface area contributed by atoms with Crippen LogP contribution < -0.4 is 14.8 Å². The lowest BCUT2D eigenvalue weighted by Gasteiger charge is -2.27. The molecule has 146 valence electrons. The zero-order valence-corrected chi connectivity index (χ0v) is 15.7. The molecule has 3 amide bonds. The molecule has 8 heteroatoms. The summed E-state index contributed by atoms with van der Waals surface area (Å²) < 4.78 is 13.8. The molecule has 1 saturated heterocycles. The van der Waals surface area contributed by atoms with E-state index in [9.17, 15) is 14.4 Å². The summed E-state index contributed by atoms with van der Waals surface area (Å²) in [7, 11) is 0. The smallest absolute Gasteiger partial charge is 0.325 e. The van der Waals surface area contributed by atoms with E-state index in [2.05, 4.69) is 5.32 Å². The molecule has 2 aliphatic rings. The quantitative estimate of drug-likeness (QED) is 0.627. The number of rotatable bonds is 5. The van der Waals surface area contributed by atoms with Crippen LogP contribution in [-0.4, -0.2) is 53.0 Å². The molecule has 2 aliphatic heterocycles. The SMILES string of the molecule is Cc1cc(C(=O)CN2C(=O)CNC2=O)c(C)n1C[C@H]1COc2ccccc2O1. The molecule has 0 unspecified atom stereocenters. The van der Waals surface area contributed by atoms with E-state index in [0.29, 0.717) is 24.5 Å². The van der Waals surface area contributed by atoms with Gasteiger partial charge in [0.05, 0.1) is 19.6 Å². The number of benzene rings is 1. The van der Waals surface area contributed by atoms with Crippen molar-refractivity contribution < 1.29 is 23.9 Å². The van der Waals surface area contributed by atoms with Crippen molar-refractivity contribution in [2.45, 2.75) is 26.5 Å². The van der Waals surface area contributed by atoms with E-state index in [1.807, 2.05) is 42.7 Å². The molecule has 0 spiro atoms. The second-order valence-corrected chi connectivity index (χ2v) is 6.95. The summed E-state index contributed by atoms with van der Waals surface area (Å²) in [6.07, 6.45) is -0.186. The van der Waals surface area contributed by atoms with Gasteiger partial charge in [0, 0.05) is 17.0 Å². The number of nitrogens with one attached hydrogen (secondary N) is 1. The number of carbonyl (C=O) groups is 3. The van der Waals surface area contributed by atoms with Crippen molar-refractivity contribution in [2.24, 2.45) is 0 Å². The van der Waals surface area contributed by atoms with Gasteiger partial charge in [0.15, 0.2) is 23.4 Å². The molecule has 28 heavy (non-hydrogen) atoms. The van der Waals surface area contributed by atoms with Gasteiger partial charge in [-0.15, -0.1) is 0 Å². The normalized spacial score (nSPS) is 18.4. The van der Waals surface area contributed by atoms with Crippen LogP contribution >= 0.6 is 0 Å². The number of urea groups is 1. The number of para-hydroxylation sites is 2. The van der Waals surface area contributed by atoms with Crippen molar-refractivity contribution >= 4 is 17.7 Å². The first-order chi connectivity index (χ1) is 13.4. The highest BCUT2D eigenvalue weighted by molar-refractivity contribution is 6.08. The molecule has 3 heterocycles. The Morgan fingerprint density at radius 1 is 1.21 bits per heavy atom. The van der Waals surface area contributed by atoms with Gasteiger partial charge in [-0.2, -0.15) is 0 Å². The zero-order chi connectivity index (χ0) is 19.8. The second-order valence-electron chi connectivity index (χ2n) is 6.95. The molecule has 8 nitrogen and oxygen atoms in total. The van der Waals surface area contributed by atoms with E-state index >= 15 is 0 Å². The maximum atomic E-state index is 12.7. The van der Waals surface area contributed by atoms with Gasteiger partial charge in [-0.25, -0.2) is 4.79 Å². The second kappa shape index (κ2) is 7.03. The fourth-order valence-electron chi connectivity index (χ4n) is 3.57. The highest BCUT2D eigenvalue weighted by Gasteiger charge is 2.31. The lowest BCUT2D eigenvalue weighted by atomic mass is 10.1. The number of aryl methyl sites for hydroxylation is 1. The molecular formula is C20H21N3O5. The number of Topliss-reactive ketones (excluding diaryl/α,β-unsaturated/α-hetero) is 1. The van der Waals surface area contributed by atoms with Gasteiger partial charge >= 0.3 is 6.03 Å². The van der Waals surface area contributed by atoms with E-state index in [1.54, 1.807) is 6.07 Å². The predicted octanol–water partition coefficient (Wildman–Crippen LogP) is 1.68. The minimum atomic E-state index is -0.529. The third kappa shape index (κ3) is 3.21. The van der Waals surface area contributed by atoms with E-state index in [0.717, 1.165) is 22.0 Å². The van der Waals surface area contributed by atoms with Gasteiger partial charge in [-0.3, -0.25) is 14.5 Å². The van der Waals surface area contributed by atoms with Crippen LogP contribution in [0.15, 0.2) is 30.3 Å². The summed E-state index contributed by atoms with van der Waals surface area (Å²) in [5.41, 5.74) is 2.18. The lowest BCUT2D eigenvalue weighted by molar-refractivity contribution is -0.124. The topological polar surface area (TPSA) is 89.9 Å². The van der Waals surface area contributed by atoms with Crippen molar-refractivity contribution in [3.05, 3.63) is 47.3 Å². The summed E-state index contributed by atoms with van der Waals surface area (Å²) in [5.74, 6) is 0.773. The van der Waals surface area contributed by atoms with Crippen LogP contribution in [-0.2, 0) is 11.3 Å². The molecule has 0 radical (unpaired) electrons. The fourth-order valence-corrected chi connectivity index (χ4v) is 3.57. The summed E-state index contributed by atoms with van der Waals surface area (Å²) in [5, 5.41) is 2.42. The van der Waals surface area contributed by atoms with Crippen molar-refractivity contribution in [3.63, 3.8) is 0 Å². The minimum absolute atomic E-state index is 0.0639. The van der Waals surface area contributed by atoms with Gasteiger partial charge in [0.1, 0.15) is 6.61 Å². The van der Waals surface area contributed by atoms with E-state index in [-0.39, 0.29) is 25.0 Å². The Balaban J connectivity index is 1.49. The first-order valence-electron chi connectivity index (χ1n) is 9.10. The number of aromatic nitrogens is 1. The maximum absolute atomic E-state index is 12.7. The van der Waals surface area contributed by atoms with Gasteiger partial charge in [0.2, 0.25) is 5.91 Å². The van der Waals surface area contributed by atoms with Crippen molar-refractivity contribution in [1.29, 1.82) is 0 Å². The molecule has 0 aliphatic carbocycles. The monoisotopic (exact) mass is 383 g/mol. The highest BCUT2D eigenvalue weighted by Crippen LogP contribution is 2.31. The molecule has 1 atom stereocenters. The molecule has 1 fully saturated rings. The largest absolute Gasteiger partial charge is 0.486 e. The number of amides is 3. The standard InChI is InChI=1S/C20H21N3O5/c1-12-7-15(16(24)10-23-19(25)8-21-20(23)26)13(2)22(12)9-14-11-27-17-5-3-4-6-18(17)28-14/h3-7,14H,8-11H2,1-2H3,(H,21,26)/t14-/m0/s1. The first-order valence-corrected chi connectivity index (χ1v) is 9.10. The van der Waals surface area contributed by atoms with Crippen LogP contribution in [0.2, 0.25) is 0 Å². The molecule has 4 rings (SSSR count). The Hall–Kier alpha value is -3.29. The predicted molar refractivity (Wildman–Crippen MR) is 99.7 cm³/mol. The summed E-state index contributed by atoms with van der Waals surface area (Å²) >= 11 is 0. The minimum Gasteiger partial charge on any atom is -0.486 e. The van der Waals surface area contributed by atoms with Crippen LogP contribution in [0.5, 0.6) is 11.5 Å². The molecule has 0 saturated carbocycles.